The highest BCUT2D eigenvalue weighted by Gasteiger charge is 2.08. The molecule has 0 radical (unpaired) electrons. The summed E-state index contributed by atoms with van der Waals surface area (Å²) >= 11 is 6.01. The Balaban J connectivity index is 1.43. The molecule has 0 fully saturated rings. The van der Waals surface area contributed by atoms with E-state index in [9.17, 15) is 9.18 Å². The third-order valence-corrected chi connectivity index (χ3v) is 4.52. The van der Waals surface area contributed by atoms with Crippen molar-refractivity contribution >= 4 is 39.9 Å². The van der Waals surface area contributed by atoms with Crippen LogP contribution in [0.1, 0.15) is 15.9 Å². The average Bonchev–Trinajstić information content (AvgIpc) is 2.74. The van der Waals surface area contributed by atoms with Crippen molar-refractivity contribution in [2.24, 2.45) is 0 Å². The molecule has 0 unspecified atom stereocenters. The number of para-hydroxylation sites is 1. The molecule has 0 spiro atoms. The van der Waals surface area contributed by atoms with Gasteiger partial charge in [-0.05, 0) is 65.7 Å². The second-order valence-corrected chi connectivity index (χ2v) is 6.71. The minimum Gasteiger partial charge on any atom is -0.365 e. The van der Waals surface area contributed by atoms with E-state index in [2.05, 4.69) is 20.6 Å². The molecule has 0 aliphatic carbocycles. The molecule has 5 nitrogen and oxygen atoms in total. The topological polar surface area (TPSA) is 66.9 Å². The van der Waals surface area contributed by atoms with Gasteiger partial charge in [0.15, 0.2) is 0 Å². The fourth-order valence-corrected chi connectivity index (χ4v) is 3.05. The molecule has 0 bridgehead atoms. The monoisotopic (exact) mass is 406 g/mol. The van der Waals surface area contributed by atoms with Crippen LogP contribution in [0.25, 0.3) is 10.9 Å². The third-order valence-electron chi connectivity index (χ3n) is 4.35. The van der Waals surface area contributed by atoms with E-state index in [1.807, 2.05) is 36.4 Å². The summed E-state index contributed by atoms with van der Waals surface area (Å²) < 4.78 is 13.0. The molecule has 4 aromatic rings. The van der Waals surface area contributed by atoms with Crippen molar-refractivity contribution in [2.45, 2.75) is 6.54 Å². The molecular weight excluding hydrogens is 391 g/mol. The van der Waals surface area contributed by atoms with Gasteiger partial charge in [0.2, 0.25) is 5.28 Å². The van der Waals surface area contributed by atoms with Crippen LogP contribution in [-0.4, -0.2) is 15.9 Å². The van der Waals surface area contributed by atoms with Gasteiger partial charge in [-0.2, -0.15) is 0 Å². The SMILES string of the molecule is O=C(Nc1ccc(F)cc1)c1ccc(CNc2nc(Cl)nc3ccccc23)cc1. The highest BCUT2D eigenvalue weighted by Crippen LogP contribution is 2.22. The van der Waals surface area contributed by atoms with Crippen molar-refractivity contribution in [1.82, 2.24) is 9.97 Å². The summed E-state index contributed by atoms with van der Waals surface area (Å²) in [5.74, 6) is 0.0426. The van der Waals surface area contributed by atoms with E-state index in [0.29, 0.717) is 23.6 Å². The zero-order valence-corrected chi connectivity index (χ0v) is 15.9. The summed E-state index contributed by atoms with van der Waals surface area (Å²) in [6.45, 7) is 0.511. The van der Waals surface area contributed by atoms with E-state index in [-0.39, 0.29) is 17.0 Å². The van der Waals surface area contributed by atoms with Gasteiger partial charge in [-0.15, -0.1) is 0 Å². The Morgan fingerprint density at radius 2 is 1.66 bits per heavy atom. The van der Waals surface area contributed by atoms with E-state index >= 15 is 0 Å². The van der Waals surface area contributed by atoms with Crippen LogP contribution in [0.2, 0.25) is 5.28 Å². The number of hydrogen-bond donors (Lipinski definition) is 2. The Morgan fingerprint density at radius 1 is 0.931 bits per heavy atom. The number of amides is 1. The smallest absolute Gasteiger partial charge is 0.255 e. The van der Waals surface area contributed by atoms with Crippen LogP contribution in [0.5, 0.6) is 0 Å². The standard InChI is InChI=1S/C22H16ClFN4O/c23-22-27-19-4-2-1-3-18(19)20(28-22)25-13-14-5-7-15(8-6-14)21(29)26-17-11-9-16(24)10-12-17/h1-12H,13H2,(H,26,29)(H,25,27,28). The van der Waals surface area contributed by atoms with E-state index in [1.165, 1.54) is 24.3 Å². The second-order valence-electron chi connectivity index (χ2n) is 6.37. The Labute approximate surface area is 171 Å². The van der Waals surface area contributed by atoms with Crippen LogP contribution in [0, 0.1) is 5.82 Å². The van der Waals surface area contributed by atoms with Gasteiger partial charge in [0.1, 0.15) is 11.6 Å². The first-order valence-electron chi connectivity index (χ1n) is 8.90. The molecular formula is C22H16ClFN4O. The molecule has 0 aliphatic heterocycles. The molecule has 7 heteroatoms. The predicted octanol–water partition coefficient (Wildman–Crippen LogP) is 5.29. The molecule has 4 rings (SSSR count). The molecule has 2 N–H and O–H groups in total. The van der Waals surface area contributed by atoms with E-state index in [0.717, 1.165) is 16.5 Å². The van der Waals surface area contributed by atoms with Crippen LogP contribution in [0.4, 0.5) is 15.9 Å². The Bertz CT molecular complexity index is 1160. The number of fused-ring (bicyclic) bond motifs is 1. The maximum atomic E-state index is 13.0. The highest BCUT2D eigenvalue weighted by atomic mass is 35.5. The highest BCUT2D eigenvalue weighted by molar-refractivity contribution is 6.28. The summed E-state index contributed by atoms with van der Waals surface area (Å²) in [5, 5.41) is 7.06. The van der Waals surface area contributed by atoms with Crippen molar-refractivity contribution in [3.63, 3.8) is 0 Å². The number of carbonyl (C=O) groups excluding carboxylic acids is 1. The summed E-state index contributed by atoms with van der Waals surface area (Å²) in [4.78, 5) is 20.8. The normalized spacial score (nSPS) is 10.7. The minimum absolute atomic E-state index is 0.180. The summed E-state index contributed by atoms with van der Waals surface area (Å²) in [6.07, 6.45) is 0. The Hall–Kier alpha value is -3.51. The maximum Gasteiger partial charge on any atom is 0.255 e. The van der Waals surface area contributed by atoms with Crippen molar-refractivity contribution in [2.75, 3.05) is 10.6 Å². The lowest BCUT2D eigenvalue weighted by Gasteiger charge is -2.10. The molecule has 0 saturated carbocycles. The van der Waals surface area contributed by atoms with Gasteiger partial charge in [-0.3, -0.25) is 4.79 Å². The molecule has 1 heterocycles. The number of halogens is 2. The third kappa shape index (κ3) is 4.50. The number of hydrogen-bond acceptors (Lipinski definition) is 4. The van der Waals surface area contributed by atoms with Crippen molar-refractivity contribution in [3.8, 4) is 0 Å². The first kappa shape index (κ1) is 18.8. The lowest BCUT2D eigenvalue weighted by Crippen LogP contribution is -2.12. The van der Waals surface area contributed by atoms with Crippen LogP contribution >= 0.6 is 11.6 Å². The molecule has 144 valence electrons. The van der Waals surface area contributed by atoms with Gasteiger partial charge in [0.25, 0.3) is 5.91 Å². The van der Waals surface area contributed by atoms with Crippen molar-refractivity contribution in [3.05, 3.63) is 95.0 Å². The van der Waals surface area contributed by atoms with E-state index in [1.54, 1.807) is 12.1 Å². The minimum atomic E-state index is -0.349. The lowest BCUT2D eigenvalue weighted by atomic mass is 10.1. The summed E-state index contributed by atoms with van der Waals surface area (Å²) in [5.41, 5.74) is 2.79. The second kappa shape index (κ2) is 8.24. The number of aromatic nitrogens is 2. The van der Waals surface area contributed by atoms with Gasteiger partial charge < -0.3 is 10.6 Å². The zero-order chi connectivity index (χ0) is 20.2. The number of rotatable bonds is 5. The number of carbonyl (C=O) groups is 1. The molecule has 3 aromatic carbocycles. The van der Waals surface area contributed by atoms with Gasteiger partial charge in [0.05, 0.1) is 5.52 Å². The van der Waals surface area contributed by atoms with Crippen LogP contribution in [0.15, 0.2) is 72.8 Å². The number of nitrogens with zero attached hydrogens (tertiary/aromatic N) is 2. The van der Waals surface area contributed by atoms with E-state index < -0.39 is 0 Å². The van der Waals surface area contributed by atoms with Gasteiger partial charge >= 0.3 is 0 Å². The zero-order valence-electron chi connectivity index (χ0n) is 15.2. The number of benzene rings is 3. The molecule has 0 atom stereocenters. The lowest BCUT2D eigenvalue weighted by molar-refractivity contribution is 0.102. The van der Waals surface area contributed by atoms with E-state index in [4.69, 9.17) is 11.6 Å². The van der Waals surface area contributed by atoms with Gasteiger partial charge in [0, 0.05) is 23.2 Å². The molecule has 1 aromatic heterocycles. The van der Waals surface area contributed by atoms with Crippen molar-refractivity contribution in [1.29, 1.82) is 0 Å². The largest absolute Gasteiger partial charge is 0.365 e. The summed E-state index contributed by atoms with van der Waals surface area (Å²) in [6, 6.07) is 20.4. The number of nitrogens with one attached hydrogen (secondary N) is 2. The first-order valence-corrected chi connectivity index (χ1v) is 9.28. The molecule has 1 amide bonds. The Morgan fingerprint density at radius 3 is 2.41 bits per heavy atom. The fraction of sp³-hybridized carbons (Fsp3) is 0.0455. The Kier molecular flexibility index (Phi) is 5.35. The van der Waals surface area contributed by atoms with Crippen LogP contribution in [-0.2, 0) is 6.54 Å². The molecule has 0 aliphatic rings. The first-order chi connectivity index (χ1) is 14.1. The maximum absolute atomic E-state index is 13.0. The van der Waals surface area contributed by atoms with Gasteiger partial charge in [-0.25, -0.2) is 14.4 Å². The quantitative estimate of drug-likeness (QED) is 0.442. The fourth-order valence-electron chi connectivity index (χ4n) is 2.88. The van der Waals surface area contributed by atoms with Gasteiger partial charge in [-0.1, -0.05) is 24.3 Å². The average molecular weight is 407 g/mol. The van der Waals surface area contributed by atoms with Crippen molar-refractivity contribution < 1.29 is 9.18 Å². The molecule has 29 heavy (non-hydrogen) atoms. The number of anilines is 2. The summed E-state index contributed by atoms with van der Waals surface area (Å²) in [7, 11) is 0. The van der Waals surface area contributed by atoms with Crippen LogP contribution in [0.3, 0.4) is 0 Å². The van der Waals surface area contributed by atoms with Crippen LogP contribution < -0.4 is 10.6 Å². The predicted molar refractivity (Wildman–Crippen MR) is 113 cm³/mol. The molecule has 0 saturated heterocycles.